The molecular weight excluding hydrogens is 1310 g/mol. The van der Waals surface area contributed by atoms with Gasteiger partial charge in [0.1, 0.15) is 19.3 Å². The summed E-state index contributed by atoms with van der Waals surface area (Å²) in [4.78, 5) is 72.9. The predicted octanol–water partition coefficient (Wildman–Crippen LogP) is 22.8. The van der Waals surface area contributed by atoms with Crippen LogP contribution in [-0.2, 0) is 65.4 Å². The number of ether oxygens (including phenoxy) is 4. The van der Waals surface area contributed by atoms with Gasteiger partial charge in [-0.3, -0.25) is 37.3 Å². The van der Waals surface area contributed by atoms with Crippen molar-refractivity contribution in [3.05, 3.63) is 97.2 Å². The second-order valence-corrected chi connectivity index (χ2v) is 29.2. The molecule has 0 aliphatic carbocycles. The number of hydrogen-bond acceptors (Lipinski definition) is 15. The highest BCUT2D eigenvalue weighted by Gasteiger charge is 2.30. The largest absolute Gasteiger partial charge is 0.472 e. The number of aliphatic hydroxyl groups is 1. The smallest absolute Gasteiger partial charge is 0.462 e. The van der Waals surface area contributed by atoms with Gasteiger partial charge in [-0.1, -0.05) is 279 Å². The molecule has 0 fully saturated rings. The summed E-state index contributed by atoms with van der Waals surface area (Å²) >= 11 is 0. The first-order valence-electron chi connectivity index (χ1n) is 39.5. The van der Waals surface area contributed by atoms with Crippen LogP contribution in [0.1, 0.15) is 336 Å². The molecule has 3 N–H and O–H groups in total. The lowest BCUT2D eigenvalue weighted by molar-refractivity contribution is -0.161. The van der Waals surface area contributed by atoms with E-state index in [1.165, 1.54) is 103 Å². The van der Waals surface area contributed by atoms with Crippen LogP contribution in [0.5, 0.6) is 0 Å². The number of unbranched alkanes of at least 4 members (excludes halogenated alkanes) is 32. The Morgan fingerprint density at radius 2 is 0.520 bits per heavy atom. The highest BCUT2D eigenvalue weighted by atomic mass is 31.2. The summed E-state index contributed by atoms with van der Waals surface area (Å²) in [5.41, 5.74) is 0. The van der Waals surface area contributed by atoms with E-state index in [0.29, 0.717) is 25.7 Å². The number of carbonyl (C=O) groups is 4. The van der Waals surface area contributed by atoms with Gasteiger partial charge in [-0.25, -0.2) is 9.13 Å². The van der Waals surface area contributed by atoms with Gasteiger partial charge in [0.05, 0.1) is 26.4 Å². The molecule has 0 aliphatic rings. The molecule has 17 nitrogen and oxygen atoms in total. The molecule has 0 aliphatic heterocycles. The Morgan fingerprint density at radius 1 is 0.290 bits per heavy atom. The zero-order valence-corrected chi connectivity index (χ0v) is 64.9. The third kappa shape index (κ3) is 72.3. The second kappa shape index (κ2) is 73.3. The van der Waals surface area contributed by atoms with Crippen molar-refractivity contribution < 1.29 is 80.2 Å². The SMILES string of the molecule is CC/C=C\C/C=C\C/C=C\C/C=C\CCCCC(=O)OCC(COP(=O)(O)OCC(O)COP(=O)(O)OCC(COC(=O)CCCCCCC/C=C\C/C=C\CCCCC)OC(=O)CCCCCCC/C=C\C/C=C\CCCCC)OC(=O)CCCCCCCCCCCCCCCCC. The van der Waals surface area contributed by atoms with Crippen molar-refractivity contribution in [2.45, 2.75) is 354 Å². The molecule has 578 valence electrons. The normalized spacial score (nSPS) is 14.4. The molecule has 100 heavy (non-hydrogen) atoms. The van der Waals surface area contributed by atoms with E-state index in [1.807, 2.05) is 0 Å². The van der Waals surface area contributed by atoms with E-state index in [0.717, 1.165) is 154 Å². The quantitative estimate of drug-likeness (QED) is 0.0169. The number of rotatable bonds is 74. The molecule has 0 aromatic rings. The topological polar surface area (TPSA) is 237 Å². The summed E-state index contributed by atoms with van der Waals surface area (Å²) < 4.78 is 68.5. The monoisotopic (exact) mass is 1450 g/mol. The van der Waals surface area contributed by atoms with Crippen LogP contribution >= 0.6 is 15.6 Å². The van der Waals surface area contributed by atoms with E-state index in [9.17, 15) is 43.2 Å². The third-order valence-electron chi connectivity index (χ3n) is 16.5. The van der Waals surface area contributed by atoms with E-state index in [2.05, 4.69) is 125 Å². The van der Waals surface area contributed by atoms with Crippen LogP contribution in [0, 0.1) is 0 Å². The predicted molar refractivity (Wildman–Crippen MR) is 409 cm³/mol. The Kier molecular flexibility index (Phi) is 70.4. The molecule has 0 spiro atoms. The average Bonchev–Trinajstić information content (AvgIpc) is 1.01. The first-order valence-corrected chi connectivity index (χ1v) is 42.5. The zero-order chi connectivity index (χ0) is 73.2. The van der Waals surface area contributed by atoms with E-state index in [1.54, 1.807) is 0 Å². The average molecular weight is 1450 g/mol. The Labute approximate surface area is 607 Å². The van der Waals surface area contributed by atoms with Crippen molar-refractivity contribution in [1.82, 2.24) is 0 Å². The van der Waals surface area contributed by atoms with Crippen LogP contribution in [0.4, 0.5) is 0 Å². The number of phosphoric acid groups is 2. The minimum atomic E-state index is -4.98. The molecule has 0 rings (SSSR count). The summed E-state index contributed by atoms with van der Waals surface area (Å²) in [5.74, 6) is -2.24. The molecule has 0 heterocycles. The van der Waals surface area contributed by atoms with E-state index >= 15 is 0 Å². The second-order valence-electron chi connectivity index (χ2n) is 26.3. The molecule has 0 aromatic heterocycles. The molecule has 0 bridgehead atoms. The van der Waals surface area contributed by atoms with E-state index < -0.39 is 97.5 Å². The molecule has 0 radical (unpaired) electrons. The Morgan fingerprint density at radius 3 is 0.840 bits per heavy atom. The van der Waals surface area contributed by atoms with Crippen LogP contribution in [0.3, 0.4) is 0 Å². The molecule has 5 atom stereocenters. The highest BCUT2D eigenvalue weighted by molar-refractivity contribution is 7.47. The lowest BCUT2D eigenvalue weighted by atomic mass is 10.0. The van der Waals surface area contributed by atoms with Gasteiger partial charge >= 0.3 is 39.5 Å². The fraction of sp³-hybridized carbons (Fsp3) is 0.753. The van der Waals surface area contributed by atoms with Crippen molar-refractivity contribution >= 4 is 39.5 Å². The van der Waals surface area contributed by atoms with Gasteiger partial charge in [0.25, 0.3) is 0 Å². The maximum atomic E-state index is 13.1. The van der Waals surface area contributed by atoms with Crippen LogP contribution in [0.25, 0.3) is 0 Å². The van der Waals surface area contributed by atoms with Gasteiger partial charge in [0.2, 0.25) is 0 Å². The molecule has 0 saturated carbocycles. The summed E-state index contributed by atoms with van der Waals surface area (Å²) in [6.07, 6.45) is 76.7. The highest BCUT2D eigenvalue weighted by Crippen LogP contribution is 2.45. The van der Waals surface area contributed by atoms with Crippen molar-refractivity contribution in [1.29, 1.82) is 0 Å². The first-order chi connectivity index (χ1) is 48.7. The minimum absolute atomic E-state index is 0.0757. The van der Waals surface area contributed by atoms with Gasteiger partial charge < -0.3 is 33.8 Å². The molecule has 0 aromatic carbocycles. The Bertz CT molecular complexity index is 2270. The number of esters is 4. The lowest BCUT2D eigenvalue weighted by Crippen LogP contribution is -2.30. The summed E-state index contributed by atoms with van der Waals surface area (Å²) in [6.45, 7) is 4.67. The van der Waals surface area contributed by atoms with Gasteiger partial charge in [-0.15, -0.1) is 0 Å². The van der Waals surface area contributed by atoms with Crippen molar-refractivity contribution in [3.8, 4) is 0 Å². The Balaban J connectivity index is 5.40. The molecular formula is C81H142O17P2. The van der Waals surface area contributed by atoms with Crippen molar-refractivity contribution in [3.63, 3.8) is 0 Å². The maximum absolute atomic E-state index is 13.1. The molecule has 0 amide bonds. The van der Waals surface area contributed by atoms with Crippen molar-refractivity contribution in [2.75, 3.05) is 39.6 Å². The first kappa shape index (κ1) is 96.0. The maximum Gasteiger partial charge on any atom is 0.472 e. The Hall–Kier alpha value is -4.02. The number of hydrogen-bond donors (Lipinski definition) is 3. The van der Waals surface area contributed by atoms with Gasteiger partial charge in [-0.05, 0) is 128 Å². The van der Waals surface area contributed by atoms with Crippen LogP contribution in [0.15, 0.2) is 97.2 Å². The molecule has 0 saturated heterocycles. The number of phosphoric ester groups is 2. The lowest BCUT2D eigenvalue weighted by Gasteiger charge is -2.21. The summed E-state index contributed by atoms with van der Waals surface area (Å²) in [5, 5.41) is 10.6. The van der Waals surface area contributed by atoms with Gasteiger partial charge in [0, 0.05) is 25.7 Å². The summed E-state index contributed by atoms with van der Waals surface area (Å²) in [6, 6.07) is 0. The molecule has 19 heteroatoms. The fourth-order valence-corrected chi connectivity index (χ4v) is 12.1. The van der Waals surface area contributed by atoms with Crippen molar-refractivity contribution in [2.24, 2.45) is 0 Å². The van der Waals surface area contributed by atoms with E-state index in [4.69, 9.17) is 37.0 Å². The van der Waals surface area contributed by atoms with E-state index in [-0.39, 0.29) is 25.7 Å². The van der Waals surface area contributed by atoms with Gasteiger partial charge in [-0.2, -0.15) is 0 Å². The van der Waals surface area contributed by atoms with Crippen LogP contribution in [0.2, 0.25) is 0 Å². The number of carbonyl (C=O) groups excluding carboxylic acids is 4. The van der Waals surface area contributed by atoms with Crippen LogP contribution in [-0.4, -0.2) is 96.7 Å². The van der Waals surface area contributed by atoms with Crippen LogP contribution < -0.4 is 0 Å². The fourth-order valence-electron chi connectivity index (χ4n) is 10.5. The third-order valence-corrected chi connectivity index (χ3v) is 18.4. The standard InChI is InChI=1S/C81H142O17P2/c1-5-9-13-17-21-25-29-33-37-41-45-49-53-57-61-65-78(83)91-71-76(97-80(85)67-63-59-55-51-47-43-39-35-31-27-23-19-15-11-7-3)73-95-99(87,88)93-69-75(82)70-94-100(89,90)96-74-77(98-81(86)68-64-60-56-52-48-44-40-36-32-28-24-20-16-12-8-4)72-92-79(84)66-62-58-54-50-46-42-38-34-30-26-22-18-14-10-6-2/h9,13,21-22,24-26,28,33-34,36-38,40,45,49,75-77,82H,5-8,10-12,14-20,23,27,29-32,35,39,41-44,46-48,50-74H2,1-4H3,(H,87,88)(H,89,90)/b13-9-,25-21-,26-22-,28-24-,37-33-,38-34-,40-36-,49-45-. The summed E-state index contributed by atoms with van der Waals surface area (Å²) in [7, 11) is -9.97. The zero-order valence-electron chi connectivity index (χ0n) is 63.1. The van der Waals surface area contributed by atoms with Gasteiger partial charge in [0.15, 0.2) is 12.2 Å². The molecule has 5 unspecified atom stereocenters. The number of allylic oxidation sites excluding steroid dienone is 16. The number of aliphatic hydroxyl groups excluding tert-OH is 1. The minimum Gasteiger partial charge on any atom is -0.462 e.